The Morgan fingerprint density at radius 2 is 2.33 bits per heavy atom. The lowest BCUT2D eigenvalue weighted by molar-refractivity contribution is -0.384. The molecule has 4 nitrogen and oxygen atoms in total. The summed E-state index contributed by atoms with van der Waals surface area (Å²) in [6, 6.07) is 2.01. The van der Waals surface area contributed by atoms with Crippen molar-refractivity contribution in [1.82, 2.24) is 0 Å². The molecule has 0 aromatic heterocycles. The van der Waals surface area contributed by atoms with Crippen molar-refractivity contribution in [3.05, 3.63) is 33.1 Å². The van der Waals surface area contributed by atoms with Gasteiger partial charge in [0.15, 0.2) is 0 Å². The molecule has 0 aliphatic rings. The van der Waals surface area contributed by atoms with Gasteiger partial charge >= 0.3 is 0 Å². The minimum Gasteiger partial charge on any atom is -0.379 e. The molecule has 0 unspecified atom stereocenters. The van der Waals surface area contributed by atoms with Crippen LogP contribution in [0.15, 0.2) is 12.1 Å². The fourth-order valence-electron chi connectivity index (χ4n) is 1.22. The summed E-state index contributed by atoms with van der Waals surface area (Å²) in [5.74, 6) is 3.01. The molecule has 1 aromatic carbocycles. The number of nitrogens with one attached hydrogen (secondary N) is 1. The number of hydrogen-bond donors (Lipinski definition) is 1. The van der Waals surface area contributed by atoms with Crippen LogP contribution < -0.4 is 5.32 Å². The van der Waals surface area contributed by atoms with Crippen LogP contribution in [0.5, 0.6) is 0 Å². The SMILES string of the molecule is C#CCSCCNc1cc(F)c(Cl)cc1[N+](=O)[O-]. The summed E-state index contributed by atoms with van der Waals surface area (Å²) in [7, 11) is 0. The van der Waals surface area contributed by atoms with Crippen LogP contribution in [0.25, 0.3) is 0 Å². The van der Waals surface area contributed by atoms with Crippen molar-refractivity contribution in [2.24, 2.45) is 0 Å². The van der Waals surface area contributed by atoms with Crippen LogP contribution in [-0.2, 0) is 0 Å². The van der Waals surface area contributed by atoms with Crippen molar-refractivity contribution in [3.63, 3.8) is 0 Å². The zero-order valence-corrected chi connectivity index (χ0v) is 10.9. The highest BCUT2D eigenvalue weighted by molar-refractivity contribution is 7.99. The number of nitrogens with zero attached hydrogens (tertiary/aromatic N) is 1. The quantitative estimate of drug-likeness (QED) is 0.378. The zero-order valence-electron chi connectivity index (χ0n) is 9.28. The van der Waals surface area contributed by atoms with Crippen LogP contribution in [0.4, 0.5) is 15.8 Å². The highest BCUT2D eigenvalue weighted by Gasteiger charge is 2.17. The third kappa shape index (κ3) is 4.09. The number of nitro groups is 1. The zero-order chi connectivity index (χ0) is 13.5. The molecule has 0 heterocycles. The molecule has 7 heteroatoms. The van der Waals surface area contributed by atoms with E-state index in [1.54, 1.807) is 0 Å². The van der Waals surface area contributed by atoms with E-state index in [4.69, 9.17) is 18.0 Å². The van der Waals surface area contributed by atoms with Gasteiger partial charge in [0.05, 0.1) is 15.7 Å². The number of hydrogen-bond acceptors (Lipinski definition) is 4. The number of thioether (sulfide) groups is 1. The third-order valence-electron chi connectivity index (χ3n) is 1.98. The standard InChI is InChI=1S/C11H10ClFN2O2S/c1-2-4-18-5-3-14-10-7-9(13)8(12)6-11(10)15(16)17/h1,6-7,14H,3-5H2. The summed E-state index contributed by atoms with van der Waals surface area (Å²) in [5.41, 5.74) is -0.133. The third-order valence-corrected chi connectivity index (χ3v) is 3.14. The Morgan fingerprint density at radius 1 is 1.61 bits per heavy atom. The Balaban J connectivity index is 2.72. The Kier molecular flexibility index (Phi) is 5.75. The molecule has 18 heavy (non-hydrogen) atoms. The predicted octanol–water partition coefficient (Wildman–Crippen LogP) is 3.17. The molecule has 0 amide bonds. The number of anilines is 1. The smallest absolute Gasteiger partial charge is 0.294 e. The molecule has 1 N–H and O–H groups in total. The van der Waals surface area contributed by atoms with E-state index in [0.717, 1.165) is 12.1 Å². The van der Waals surface area contributed by atoms with E-state index in [1.165, 1.54) is 11.8 Å². The second kappa shape index (κ2) is 7.09. The Bertz CT molecular complexity index is 491. The number of rotatable bonds is 6. The fraction of sp³-hybridized carbons (Fsp3) is 0.273. The second-order valence-electron chi connectivity index (χ2n) is 3.22. The molecule has 0 spiro atoms. The maximum Gasteiger partial charge on any atom is 0.294 e. The molecule has 96 valence electrons. The first-order valence-electron chi connectivity index (χ1n) is 4.94. The van der Waals surface area contributed by atoms with Crippen molar-refractivity contribution in [3.8, 4) is 12.3 Å². The van der Waals surface area contributed by atoms with Gasteiger partial charge in [0, 0.05) is 24.4 Å². The minimum atomic E-state index is -0.693. The van der Waals surface area contributed by atoms with E-state index in [9.17, 15) is 14.5 Å². The highest BCUT2D eigenvalue weighted by atomic mass is 35.5. The maximum absolute atomic E-state index is 13.2. The molecule has 0 saturated heterocycles. The molecule has 0 aliphatic carbocycles. The Hall–Kier alpha value is -1.45. The van der Waals surface area contributed by atoms with E-state index in [0.29, 0.717) is 18.1 Å². The summed E-state index contributed by atoms with van der Waals surface area (Å²) < 4.78 is 13.2. The topological polar surface area (TPSA) is 55.2 Å². The minimum absolute atomic E-state index is 0.114. The van der Waals surface area contributed by atoms with Gasteiger partial charge in [-0.05, 0) is 0 Å². The van der Waals surface area contributed by atoms with Gasteiger partial charge in [0.25, 0.3) is 5.69 Å². The molecule has 1 aromatic rings. The lowest BCUT2D eigenvalue weighted by Crippen LogP contribution is -2.07. The molecule has 0 radical (unpaired) electrons. The summed E-state index contributed by atoms with van der Waals surface area (Å²) in [6.07, 6.45) is 5.08. The number of benzene rings is 1. The molecular formula is C11H10ClFN2O2S. The molecule has 0 atom stereocenters. The predicted molar refractivity (Wildman–Crippen MR) is 72.7 cm³/mol. The van der Waals surface area contributed by atoms with Gasteiger partial charge in [0.1, 0.15) is 11.5 Å². The van der Waals surface area contributed by atoms with E-state index < -0.39 is 10.7 Å². The lowest BCUT2D eigenvalue weighted by atomic mass is 10.2. The Morgan fingerprint density at radius 3 is 2.94 bits per heavy atom. The lowest BCUT2D eigenvalue weighted by Gasteiger charge is -2.07. The molecule has 0 bridgehead atoms. The number of halogens is 2. The van der Waals surface area contributed by atoms with E-state index in [-0.39, 0.29) is 16.4 Å². The van der Waals surface area contributed by atoms with Crippen molar-refractivity contribution in [1.29, 1.82) is 0 Å². The average Bonchev–Trinajstić information content (AvgIpc) is 2.32. The Labute approximate surface area is 113 Å². The van der Waals surface area contributed by atoms with E-state index in [2.05, 4.69) is 11.2 Å². The van der Waals surface area contributed by atoms with Crippen LogP contribution in [0.2, 0.25) is 5.02 Å². The van der Waals surface area contributed by atoms with Gasteiger partial charge in [-0.15, -0.1) is 18.2 Å². The van der Waals surface area contributed by atoms with Crippen LogP contribution in [-0.4, -0.2) is 23.0 Å². The summed E-state index contributed by atoms with van der Waals surface area (Å²) in [6.45, 7) is 0.453. The molecule has 1 rings (SSSR count). The van der Waals surface area contributed by atoms with E-state index >= 15 is 0 Å². The maximum atomic E-state index is 13.2. The van der Waals surface area contributed by atoms with Crippen LogP contribution in [0.1, 0.15) is 0 Å². The van der Waals surface area contributed by atoms with Crippen molar-refractivity contribution in [2.45, 2.75) is 0 Å². The average molecular weight is 289 g/mol. The summed E-state index contributed by atoms with van der Waals surface area (Å²) in [5, 5.41) is 13.3. The van der Waals surface area contributed by atoms with Gasteiger partial charge in [-0.25, -0.2) is 4.39 Å². The first-order valence-corrected chi connectivity index (χ1v) is 6.48. The van der Waals surface area contributed by atoms with Crippen molar-refractivity contribution >= 4 is 34.7 Å². The summed E-state index contributed by atoms with van der Waals surface area (Å²) in [4.78, 5) is 10.2. The summed E-state index contributed by atoms with van der Waals surface area (Å²) >= 11 is 7.00. The first-order chi connectivity index (χ1) is 8.56. The van der Waals surface area contributed by atoms with Crippen molar-refractivity contribution in [2.75, 3.05) is 23.4 Å². The van der Waals surface area contributed by atoms with Crippen LogP contribution in [0, 0.1) is 28.3 Å². The fourth-order valence-corrected chi connectivity index (χ4v) is 1.88. The molecule has 0 saturated carbocycles. The molecule has 0 fully saturated rings. The van der Waals surface area contributed by atoms with Gasteiger partial charge in [0.2, 0.25) is 0 Å². The number of nitro benzene ring substituents is 1. The van der Waals surface area contributed by atoms with Crippen LogP contribution in [0.3, 0.4) is 0 Å². The van der Waals surface area contributed by atoms with Gasteiger partial charge < -0.3 is 5.32 Å². The molecule has 0 aliphatic heterocycles. The van der Waals surface area contributed by atoms with Gasteiger partial charge in [-0.3, -0.25) is 10.1 Å². The van der Waals surface area contributed by atoms with Crippen molar-refractivity contribution < 1.29 is 9.31 Å². The normalized spacial score (nSPS) is 9.83. The van der Waals surface area contributed by atoms with Gasteiger partial charge in [-0.2, -0.15) is 0 Å². The van der Waals surface area contributed by atoms with E-state index in [1.807, 2.05) is 0 Å². The van der Waals surface area contributed by atoms with Crippen LogP contribution >= 0.6 is 23.4 Å². The molecular weight excluding hydrogens is 279 g/mol. The second-order valence-corrected chi connectivity index (χ2v) is 4.74. The highest BCUT2D eigenvalue weighted by Crippen LogP contribution is 2.30. The first kappa shape index (κ1) is 14.6. The number of terminal acetylenes is 1. The monoisotopic (exact) mass is 288 g/mol. The van der Waals surface area contributed by atoms with Gasteiger partial charge in [-0.1, -0.05) is 17.5 Å². The largest absolute Gasteiger partial charge is 0.379 e.